The van der Waals surface area contributed by atoms with Crippen molar-refractivity contribution in [3.05, 3.63) is 11.6 Å². The molecule has 0 aromatic carbocycles. The first-order valence-corrected chi connectivity index (χ1v) is 22.0. The monoisotopic (exact) mass is 704 g/mol. The van der Waals surface area contributed by atoms with Crippen molar-refractivity contribution in [3.63, 3.8) is 0 Å². The molecule has 280 valence electrons. The maximum Gasteiger partial charge on any atom is 0.504 e. The highest BCUT2D eigenvalue weighted by molar-refractivity contribution is 7.38. The molecular weight excluding hydrogens is 631 g/mol. The molecule has 9 atom stereocenters. The van der Waals surface area contributed by atoms with E-state index in [4.69, 9.17) is 9.26 Å². The Morgan fingerprint density at radius 1 is 0.878 bits per heavy atom. The van der Waals surface area contributed by atoms with Crippen LogP contribution in [0.15, 0.2) is 11.6 Å². The number of carbonyl (C=O) groups excluding carboxylic acids is 2. The number of ether oxygens (including phenoxy) is 1. The molecule has 49 heavy (non-hydrogen) atoms. The van der Waals surface area contributed by atoms with Crippen LogP contribution in [0.2, 0.25) is 0 Å². The number of alkyl carbamates (subject to hydrolysis) is 1. The van der Waals surface area contributed by atoms with Crippen molar-refractivity contribution < 1.29 is 23.4 Å². The number of hydrogen-bond donors (Lipinski definition) is 2. The molecule has 4 aliphatic rings. The second-order valence-electron chi connectivity index (χ2n) is 17.3. The molecule has 0 aromatic heterocycles. The third-order valence-corrected chi connectivity index (χ3v) is 14.1. The van der Waals surface area contributed by atoms with E-state index < -0.39 is 8.03 Å². The van der Waals surface area contributed by atoms with E-state index in [-0.39, 0.29) is 23.5 Å². The van der Waals surface area contributed by atoms with Crippen LogP contribution < -0.4 is 10.6 Å². The molecule has 1 unspecified atom stereocenters. The molecule has 0 aliphatic heterocycles. The van der Waals surface area contributed by atoms with E-state index in [0.717, 1.165) is 99.7 Å². The summed E-state index contributed by atoms with van der Waals surface area (Å²) in [6.45, 7) is 15.9. The fourth-order valence-corrected chi connectivity index (χ4v) is 11.2. The molecule has 7 nitrogen and oxygen atoms in total. The lowest BCUT2D eigenvalue weighted by molar-refractivity contribution is -0.121. The van der Waals surface area contributed by atoms with Gasteiger partial charge in [-0.2, -0.15) is 0 Å². The predicted octanol–water partition coefficient (Wildman–Crippen LogP) is 10.7. The molecular formula is C41H72N2O5P+. The van der Waals surface area contributed by atoms with E-state index in [0.29, 0.717) is 31.5 Å². The Balaban J connectivity index is 1.10. The SMILES string of the molecule is CC(C)CCC[C@@H](C)[C@H]1CC[C@H]2[C@@H]3CC=C4C[C@@H](OC(=O)NCCCCCC(=O)NCCCCCCO[P+](C)=O)CC[C@]4(C)[C@H]3CC[C@]12C. The second-order valence-corrected chi connectivity index (χ2v) is 18.5. The second kappa shape index (κ2) is 19.4. The quantitative estimate of drug-likeness (QED) is 0.0748. The fraction of sp³-hybridized carbons (Fsp3) is 0.902. The lowest BCUT2D eigenvalue weighted by Crippen LogP contribution is -2.51. The third-order valence-electron chi connectivity index (χ3n) is 13.5. The number of unbranched alkanes of at least 4 members (excludes halogenated alkanes) is 5. The Morgan fingerprint density at radius 2 is 1.61 bits per heavy atom. The van der Waals surface area contributed by atoms with Gasteiger partial charge in [0.1, 0.15) is 12.7 Å². The molecule has 3 fully saturated rings. The Morgan fingerprint density at radius 3 is 2.37 bits per heavy atom. The lowest BCUT2D eigenvalue weighted by Gasteiger charge is -2.58. The Bertz CT molecular complexity index is 1110. The molecule has 8 heteroatoms. The van der Waals surface area contributed by atoms with Crippen molar-refractivity contribution in [2.45, 2.75) is 163 Å². The number of carbonyl (C=O) groups is 2. The number of hydrogen-bond acceptors (Lipinski definition) is 5. The van der Waals surface area contributed by atoms with Crippen LogP contribution >= 0.6 is 8.03 Å². The molecule has 0 saturated heterocycles. The summed E-state index contributed by atoms with van der Waals surface area (Å²) in [5, 5.41) is 5.97. The summed E-state index contributed by atoms with van der Waals surface area (Å²) in [6.07, 6.45) is 23.3. The normalized spacial score (nSPS) is 31.6. The van der Waals surface area contributed by atoms with Crippen LogP contribution in [0.5, 0.6) is 0 Å². The average Bonchev–Trinajstić information content (AvgIpc) is 3.41. The first-order chi connectivity index (χ1) is 23.4. The number of amides is 2. The predicted molar refractivity (Wildman–Crippen MR) is 201 cm³/mol. The van der Waals surface area contributed by atoms with E-state index in [2.05, 4.69) is 51.3 Å². The van der Waals surface area contributed by atoms with Gasteiger partial charge in [0, 0.05) is 25.9 Å². The highest BCUT2D eigenvalue weighted by Gasteiger charge is 2.59. The standard InChI is InChI=1S/C41H71N2O5P/c1-30(2)15-14-16-31(3)35-20-21-36-34-19-18-32-29-33(22-24-40(32,4)37(34)23-25-41(35,36)5)48-39(45)43-27-12-9-10-17-38(44)42-26-11-7-8-13-28-47-49(6)46/h18,30-31,33-37H,7-17,19-29H2,1-6H3,(H-,42,43,44,45)/p+1/t31-,33+,34+,35-,36+,37+,40+,41-/m1/s1. The van der Waals surface area contributed by atoms with E-state index in [9.17, 15) is 14.2 Å². The summed E-state index contributed by atoms with van der Waals surface area (Å²) >= 11 is 0. The van der Waals surface area contributed by atoms with Crippen LogP contribution in [0.3, 0.4) is 0 Å². The minimum atomic E-state index is -1.50. The van der Waals surface area contributed by atoms with Crippen molar-refractivity contribution >= 4 is 20.0 Å². The van der Waals surface area contributed by atoms with E-state index in [1.54, 1.807) is 12.2 Å². The van der Waals surface area contributed by atoms with Crippen molar-refractivity contribution in [2.75, 3.05) is 26.4 Å². The van der Waals surface area contributed by atoms with Crippen LogP contribution in [0.25, 0.3) is 0 Å². The minimum absolute atomic E-state index is 0.0216. The third kappa shape index (κ3) is 11.3. The van der Waals surface area contributed by atoms with Gasteiger partial charge in [-0.05, 0) is 122 Å². The minimum Gasteiger partial charge on any atom is -0.446 e. The summed E-state index contributed by atoms with van der Waals surface area (Å²) in [6, 6.07) is 0. The van der Waals surface area contributed by atoms with Gasteiger partial charge < -0.3 is 15.4 Å². The highest BCUT2D eigenvalue weighted by atomic mass is 31.1. The van der Waals surface area contributed by atoms with E-state index >= 15 is 0 Å². The lowest BCUT2D eigenvalue weighted by atomic mass is 9.47. The zero-order valence-corrected chi connectivity index (χ0v) is 33.1. The Kier molecular flexibility index (Phi) is 16.0. The first kappa shape index (κ1) is 40.3. The molecule has 4 rings (SSSR count). The van der Waals surface area contributed by atoms with E-state index in [1.165, 1.54) is 51.4 Å². The molecule has 2 amide bonds. The van der Waals surface area contributed by atoms with Crippen LogP contribution in [0.1, 0.15) is 157 Å². The smallest absolute Gasteiger partial charge is 0.446 e. The maximum atomic E-state index is 12.7. The van der Waals surface area contributed by atoms with Crippen LogP contribution in [-0.4, -0.2) is 44.5 Å². The van der Waals surface area contributed by atoms with Gasteiger partial charge in [0.15, 0.2) is 6.66 Å². The number of nitrogens with one attached hydrogen (secondary N) is 2. The fourth-order valence-electron chi connectivity index (χ4n) is 10.8. The average molecular weight is 704 g/mol. The molecule has 3 saturated carbocycles. The molecule has 0 bridgehead atoms. The Hall–Kier alpha value is -1.46. The summed E-state index contributed by atoms with van der Waals surface area (Å²) in [4.78, 5) is 24.8. The summed E-state index contributed by atoms with van der Waals surface area (Å²) in [5.41, 5.74) is 2.35. The summed E-state index contributed by atoms with van der Waals surface area (Å²) < 4.78 is 21.9. The molecule has 0 spiro atoms. The summed E-state index contributed by atoms with van der Waals surface area (Å²) in [7, 11) is -1.50. The van der Waals surface area contributed by atoms with Crippen LogP contribution in [0.4, 0.5) is 4.79 Å². The maximum absolute atomic E-state index is 12.7. The van der Waals surface area contributed by atoms with Crippen molar-refractivity contribution in [1.82, 2.24) is 10.6 Å². The topological polar surface area (TPSA) is 93.7 Å². The van der Waals surface area contributed by atoms with E-state index in [1.807, 2.05) is 0 Å². The molecule has 0 aromatic rings. The number of rotatable bonds is 20. The van der Waals surface area contributed by atoms with Gasteiger partial charge in [0.25, 0.3) is 0 Å². The van der Waals surface area contributed by atoms with Crippen molar-refractivity contribution in [1.29, 1.82) is 0 Å². The van der Waals surface area contributed by atoms with Crippen molar-refractivity contribution in [3.8, 4) is 0 Å². The van der Waals surface area contributed by atoms with Gasteiger partial charge in [0.2, 0.25) is 5.91 Å². The molecule has 0 heterocycles. The van der Waals surface area contributed by atoms with Gasteiger partial charge >= 0.3 is 14.1 Å². The van der Waals surface area contributed by atoms with Gasteiger partial charge in [0.05, 0.1) is 0 Å². The number of fused-ring (bicyclic) bond motifs is 5. The number of allylic oxidation sites excluding steroid dienone is 1. The molecule has 2 N–H and O–H groups in total. The van der Waals surface area contributed by atoms with Crippen molar-refractivity contribution in [2.24, 2.45) is 46.3 Å². The summed E-state index contributed by atoms with van der Waals surface area (Å²) in [5.74, 6) is 5.13. The van der Waals surface area contributed by atoms with Gasteiger partial charge in [-0.25, -0.2) is 4.79 Å². The van der Waals surface area contributed by atoms with Crippen LogP contribution in [-0.2, 0) is 18.6 Å². The molecule has 4 aliphatic carbocycles. The van der Waals surface area contributed by atoms with Gasteiger partial charge in [-0.15, -0.1) is 4.52 Å². The molecule has 0 radical (unpaired) electrons. The van der Waals surface area contributed by atoms with Gasteiger partial charge in [-0.3, -0.25) is 4.79 Å². The van der Waals surface area contributed by atoms with Crippen LogP contribution in [0, 0.1) is 46.3 Å². The zero-order valence-electron chi connectivity index (χ0n) is 32.2. The highest BCUT2D eigenvalue weighted by Crippen LogP contribution is 2.67. The largest absolute Gasteiger partial charge is 0.504 e. The first-order valence-electron chi connectivity index (χ1n) is 20.4. The zero-order chi connectivity index (χ0) is 35.4. The Labute approximate surface area is 300 Å². The van der Waals surface area contributed by atoms with Gasteiger partial charge in [-0.1, -0.05) is 84.8 Å².